The molecule has 24 heavy (non-hydrogen) atoms. The predicted octanol–water partition coefficient (Wildman–Crippen LogP) is 1.12. The van der Waals surface area contributed by atoms with Crippen LogP contribution in [0.2, 0.25) is 0 Å². The van der Waals surface area contributed by atoms with Crippen LogP contribution in [0.5, 0.6) is 0 Å². The number of nitrogens with one attached hydrogen (secondary N) is 1. The van der Waals surface area contributed by atoms with Gasteiger partial charge < -0.3 is 24.8 Å². The highest BCUT2D eigenvalue weighted by Gasteiger charge is 2.28. The smallest absolute Gasteiger partial charge is 0.320 e. The number of carbonyl (C=O) groups excluding carboxylic acids is 2. The predicted molar refractivity (Wildman–Crippen MR) is 90.8 cm³/mol. The Hall–Kier alpha value is -1.76. The van der Waals surface area contributed by atoms with Crippen molar-refractivity contribution in [1.82, 2.24) is 20.0 Å². The average molecular weight is 336 g/mol. The van der Waals surface area contributed by atoms with Crippen LogP contribution in [0.4, 0.5) is 9.59 Å². The third-order valence-electron chi connectivity index (χ3n) is 5.04. The van der Waals surface area contributed by atoms with Crippen molar-refractivity contribution in [2.24, 2.45) is 5.92 Å². The van der Waals surface area contributed by atoms with Crippen LogP contribution in [-0.4, -0.2) is 85.8 Å². The molecule has 0 radical (unpaired) electrons. The van der Waals surface area contributed by atoms with Gasteiger partial charge in [0.05, 0.1) is 13.2 Å². The standard InChI is InChI=1S/C17H28N4O3/c22-16(18-14-15-4-2-1-3-5-15)19-6-8-20(9-7-19)17(23)21-10-12-24-13-11-21/h1-2,15H,3-14H2,(H,18,22). The molecule has 0 aromatic carbocycles. The first-order chi connectivity index (χ1) is 11.7. The summed E-state index contributed by atoms with van der Waals surface area (Å²) in [6.45, 7) is 5.72. The van der Waals surface area contributed by atoms with E-state index < -0.39 is 0 Å². The molecule has 0 aromatic heterocycles. The maximum absolute atomic E-state index is 12.4. The first-order valence-corrected chi connectivity index (χ1v) is 9.03. The summed E-state index contributed by atoms with van der Waals surface area (Å²) >= 11 is 0. The highest BCUT2D eigenvalue weighted by molar-refractivity contribution is 5.76. The molecule has 2 heterocycles. The zero-order valence-electron chi connectivity index (χ0n) is 14.3. The van der Waals surface area contributed by atoms with Crippen LogP contribution >= 0.6 is 0 Å². The van der Waals surface area contributed by atoms with Gasteiger partial charge >= 0.3 is 12.1 Å². The minimum atomic E-state index is 0.00280. The number of piperazine rings is 1. The quantitative estimate of drug-likeness (QED) is 0.769. The highest BCUT2D eigenvalue weighted by atomic mass is 16.5. The lowest BCUT2D eigenvalue weighted by Gasteiger charge is -2.38. The van der Waals surface area contributed by atoms with Gasteiger partial charge in [0.25, 0.3) is 0 Å². The number of allylic oxidation sites excluding steroid dienone is 2. The fourth-order valence-electron chi connectivity index (χ4n) is 3.44. The molecule has 4 amide bonds. The molecular formula is C17H28N4O3. The summed E-state index contributed by atoms with van der Waals surface area (Å²) < 4.78 is 5.28. The second-order valence-corrected chi connectivity index (χ2v) is 6.69. The molecule has 1 N–H and O–H groups in total. The molecule has 2 aliphatic heterocycles. The number of urea groups is 2. The molecule has 1 atom stereocenters. The van der Waals surface area contributed by atoms with Gasteiger partial charge in [-0.2, -0.15) is 0 Å². The SMILES string of the molecule is O=C(NCC1CC=CCC1)N1CCN(C(=O)N2CCOCC2)CC1. The minimum absolute atomic E-state index is 0.00280. The Bertz CT molecular complexity index is 468. The topological polar surface area (TPSA) is 65.1 Å². The van der Waals surface area contributed by atoms with Crippen LogP contribution in [-0.2, 0) is 4.74 Å². The van der Waals surface area contributed by atoms with Crippen LogP contribution in [0.15, 0.2) is 12.2 Å². The maximum atomic E-state index is 12.4. The lowest BCUT2D eigenvalue weighted by Crippen LogP contribution is -2.57. The fraction of sp³-hybridized carbons (Fsp3) is 0.765. The summed E-state index contributed by atoms with van der Waals surface area (Å²) in [4.78, 5) is 30.2. The van der Waals surface area contributed by atoms with Crippen molar-refractivity contribution in [1.29, 1.82) is 0 Å². The van der Waals surface area contributed by atoms with E-state index in [0.29, 0.717) is 58.4 Å². The van der Waals surface area contributed by atoms with E-state index in [1.54, 1.807) is 0 Å². The monoisotopic (exact) mass is 336 g/mol. The lowest BCUT2D eigenvalue weighted by molar-refractivity contribution is 0.0392. The van der Waals surface area contributed by atoms with Gasteiger partial charge in [0.1, 0.15) is 0 Å². The Kier molecular flexibility index (Phi) is 5.96. The van der Waals surface area contributed by atoms with E-state index in [9.17, 15) is 9.59 Å². The summed E-state index contributed by atoms with van der Waals surface area (Å²) in [6, 6.07) is 0.0791. The number of amides is 4. The van der Waals surface area contributed by atoms with Gasteiger partial charge in [0.15, 0.2) is 0 Å². The molecule has 7 heteroatoms. The lowest BCUT2D eigenvalue weighted by atomic mass is 9.94. The van der Waals surface area contributed by atoms with E-state index in [4.69, 9.17) is 4.74 Å². The number of carbonyl (C=O) groups is 2. The molecule has 0 spiro atoms. The Labute approximate surface area is 143 Å². The second kappa shape index (κ2) is 8.37. The van der Waals surface area contributed by atoms with Gasteiger partial charge in [-0.3, -0.25) is 0 Å². The molecule has 0 bridgehead atoms. The first kappa shape index (κ1) is 17.1. The average Bonchev–Trinajstić information content (AvgIpc) is 2.67. The van der Waals surface area contributed by atoms with E-state index in [2.05, 4.69) is 17.5 Å². The van der Waals surface area contributed by atoms with Crippen molar-refractivity contribution >= 4 is 12.1 Å². The number of nitrogens with zero attached hydrogens (tertiary/aromatic N) is 3. The van der Waals surface area contributed by atoms with Crippen LogP contribution in [0, 0.1) is 5.92 Å². The molecule has 1 aliphatic carbocycles. The second-order valence-electron chi connectivity index (χ2n) is 6.69. The van der Waals surface area contributed by atoms with E-state index in [1.165, 1.54) is 0 Å². The molecule has 2 saturated heterocycles. The van der Waals surface area contributed by atoms with Crippen LogP contribution in [0.25, 0.3) is 0 Å². The van der Waals surface area contributed by atoms with E-state index in [1.807, 2.05) is 14.7 Å². The Balaban J connectivity index is 1.38. The van der Waals surface area contributed by atoms with Gasteiger partial charge in [-0.15, -0.1) is 0 Å². The zero-order valence-corrected chi connectivity index (χ0v) is 14.3. The minimum Gasteiger partial charge on any atom is -0.378 e. The summed E-state index contributed by atoms with van der Waals surface area (Å²) in [5, 5.41) is 3.05. The van der Waals surface area contributed by atoms with Gasteiger partial charge in [-0.05, 0) is 25.2 Å². The van der Waals surface area contributed by atoms with Crippen LogP contribution < -0.4 is 5.32 Å². The summed E-state index contributed by atoms with van der Waals surface area (Å²) in [6.07, 6.45) is 7.74. The molecule has 0 aromatic rings. The van der Waals surface area contributed by atoms with Crippen molar-refractivity contribution in [3.8, 4) is 0 Å². The van der Waals surface area contributed by atoms with E-state index in [-0.39, 0.29) is 12.1 Å². The maximum Gasteiger partial charge on any atom is 0.320 e. The van der Waals surface area contributed by atoms with E-state index >= 15 is 0 Å². The van der Waals surface area contributed by atoms with E-state index in [0.717, 1.165) is 25.8 Å². The number of hydrogen-bond donors (Lipinski definition) is 1. The normalized spacial score (nSPS) is 24.8. The molecule has 1 unspecified atom stereocenters. The fourth-order valence-corrected chi connectivity index (χ4v) is 3.44. The molecule has 134 valence electrons. The van der Waals surface area contributed by atoms with Crippen molar-refractivity contribution in [3.63, 3.8) is 0 Å². The highest BCUT2D eigenvalue weighted by Crippen LogP contribution is 2.17. The number of morpholine rings is 1. The van der Waals surface area contributed by atoms with Crippen molar-refractivity contribution in [2.45, 2.75) is 19.3 Å². The van der Waals surface area contributed by atoms with Gasteiger partial charge in [-0.1, -0.05) is 12.2 Å². The summed E-state index contributed by atoms with van der Waals surface area (Å²) in [7, 11) is 0. The van der Waals surface area contributed by atoms with Crippen molar-refractivity contribution in [2.75, 3.05) is 59.0 Å². The molecular weight excluding hydrogens is 308 g/mol. The molecule has 3 aliphatic rings. The number of hydrogen-bond acceptors (Lipinski definition) is 3. The largest absolute Gasteiger partial charge is 0.378 e. The number of ether oxygens (including phenoxy) is 1. The summed E-state index contributed by atoms with van der Waals surface area (Å²) in [5.41, 5.74) is 0. The Morgan fingerprint density at radius 1 is 0.958 bits per heavy atom. The zero-order chi connectivity index (χ0) is 16.8. The Morgan fingerprint density at radius 2 is 1.62 bits per heavy atom. The van der Waals surface area contributed by atoms with Gasteiger partial charge in [0.2, 0.25) is 0 Å². The third kappa shape index (κ3) is 4.41. The third-order valence-corrected chi connectivity index (χ3v) is 5.04. The molecule has 0 saturated carbocycles. The molecule has 2 fully saturated rings. The van der Waals surface area contributed by atoms with Gasteiger partial charge in [-0.25, -0.2) is 9.59 Å². The van der Waals surface area contributed by atoms with Crippen LogP contribution in [0.1, 0.15) is 19.3 Å². The summed E-state index contributed by atoms with van der Waals surface area (Å²) in [5.74, 6) is 0.558. The first-order valence-electron chi connectivity index (χ1n) is 9.03. The van der Waals surface area contributed by atoms with Crippen molar-refractivity contribution < 1.29 is 14.3 Å². The molecule has 3 rings (SSSR count). The molecule has 7 nitrogen and oxygen atoms in total. The van der Waals surface area contributed by atoms with Gasteiger partial charge in [0, 0.05) is 45.8 Å². The van der Waals surface area contributed by atoms with Crippen LogP contribution in [0.3, 0.4) is 0 Å². The Morgan fingerprint density at radius 3 is 2.29 bits per heavy atom. The van der Waals surface area contributed by atoms with Crippen molar-refractivity contribution in [3.05, 3.63) is 12.2 Å². The number of rotatable bonds is 2.